The summed E-state index contributed by atoms with van der Waals surface area (Å²) in [6.45, 7) is 8.01. The van der Waals surface area contributed by atoms with Crippen molar-refractivity contribution in [2.45, 2.75) is 40.5 Å². The fraction of sp³-hybridized carbons (Fsp3) is 0.385. The largest absolute Gasteiger partial charge is 0.462 e. The van der Waals surface area contributed by atoms with Crippen LogP contribution in [0.15, 0.2) is 59.7 Å². The first-order valence-corrected chi connectivity index (χ1v) is 11.2. The van der Waals surface area contributed by atoms with Crippen molar-refractivity contribution < 1.29 is 19.1 Å². The minimum Gasteiger partial charge on any atom is -0.462 e. The average Bonchev–Trinajstić information content (AvgIpc) is 3.08. The zero-order valence-electron chi connectivity index (χ0n) is 19.4. The number of fused-ring (bicyclic) bond motifs is 2. The normalized spacial score (nSPS) is 26.3. The summed E-state index contributed by atoms with van der Waals surface area (Å²) >= 11 is 0. The number of benzene rings is 2. The molecule has 0 aromatic heterocycles. The molecule has 2 bridgehead atoms. The highest BCUT2D eigenvalue weighted by atomic mass is 16.5. The van der Waals surface area contributed by atoms with Crippen LogP contribution in [0.2, 0.25) is 0 Å². The number of Topliss-reactive ketones (excluding diaryl/α,β-unsaturated/α-hetero) is 1. The average molecular weight is 448 g/mol. The van der Waals surface area contributed by atoms with Crippen LogP contribution in [0.4, 0.5) is 11.4 Å². The molecule has 0 aliphatic heterocycles. The number of para-hydroxylation sites is 1. The van der Waals surface area contributed by atoms with E-state index in [-0.39, 0.29) is 11.7 Å². The van der Waals surface area contributed by atoms with Crippen LogP contribution in [0.5, 0.6) is 0 Å². The zero-order chi connectivity index (χ0) is 23.9. The summed E-state index contributed by atoms with van der Waals surface area (Å²) in [7, 11) is 0. The van der Waals surface area contributed by atoms with Crippen molar-refractivity contribution in [1.82, 2.24) is 0 Å². The van der Waals surface area contributed by atoms with Crippen molar-refractivity contribution >= 4 is 34.7 Å². The minimum absolute atomic E-state index is 0.231. The summed E-state index contributed by atoms with van der Waals surface area (Å²) in [6.07, 6.45) is 1.16. The van der Waals surface area contributed by atoms with Gasteiger partial charge in [-0.1, -0.05) is 39.0 Å². The fourth-order valence-electron chi connectivity index (χ4n) is 5.25. The van der Waals surface area contributed by atoms with Gasteiger partial charge in [0.15, 0.2) is 5.78 Å². The molecule has 2 unspecified atom stereocenters. The van der Waals surface area contributed by atoms with Crippen LogP contribution in [0, 0.1) is 16.2 Å². The summed E-state index contributed by atoms with van der Waals surface area (Å²) < 4.78 is 5.00. The first-order chi connectivity index (χ1) is 15.7. The van der Waals surface area contributed by atoms with E-state index in [4.69, 9.17) is 4.74 Å². The molecule has 1 amide bonds. The topological polar surface area (TPSA) is 96.9 Å². The number of ether oxygens (including phenoxy) is 1. The lowest BCUT2D eigenvalue weighted by Crippen LogP contribution is -2.47. The third-order valence-corrected chi connectivity index (χ3v) is 7.68. The van der Waals surface area contributed by atoms with E-state index in [1.165, 1.54) is 0 Å². The van der Waals surface area contributed by atoms with Gasteiger partial charge in [-0.2, -0.15) is 5.10 Å². The van der Waals surface area contributed by atoms with Gasteiger partial charge < -0.3 is 10.1 Å². The van der Waals surface area contributed by atoms with Crippen molar-refractivity contribution in [1.29, 1.82) is 0 Å². The van der Waals surface area contributed by atoms with Crippen LogP contribution in [-0.2, 0) is 14.3 Å². The molecule has 172 valence electrons. The summed E-state index contributed by atoms with van der Waals surface area (Å²) in [5.74, 6) is -0.986. The predicted octanol–water partition coefficient (Wildman–Crippen LogP) is 4.67. The zero-order valence-corrected chi connectivity index (χ0v) is 19.4. The Kier molecular flexibility index (Phi) is 5.60. The Morgan fingerprint density at radius 1 is 0.970 bits per heavy atom. The van der Waals surface area contributed by atoms with E-state index >= 15 is 0 Å². The molecule has 2 aliphatic rings. The van der Waals surface area contributed by atoms with Crippen molar-refractivity contribution in [3.63, 3.8) is 0 Å². The maximum Gasteiger partial charge on any atom is 0.338 e. The Bertz CT molecular complexity index is 1120. The maximum absolute atomic E-state index is 13.7. The molecule has 0 radical (unpaired) electrons. The molecule has 2 aromatic rings. The molecule has 2 aliphatic carbocycles. The van der Waals surface area contributed by atoms with Crippen molar-refractivity contribution in [3.8, 4) is 0 Å². The van der Waals surface area contributed by atoms with Crippen LogP contribution in [0.1, 0.15) is 50.9 Å². The van der Waals surface area contributed by atoms with Crippen LogP contribution >= 0.6 is 0 Å². The Hall–Kier alpha value is -3.48. The second-order valence-corrected chi connectivity index (χ2v) is 9.38. The van der Waals surface area contributed by atoms with Gasteiger partial charge in [-0.25, -0.2) is 4.79 Å². The Labute approximate surface area is 193 Å². The Morgan fingerprint density at radius 3 is 2.27 bits per heavy atom. The third-order valence-electron chi connectivity index (χ3n) is 7.68. The lowest BCUT2D eigenvalue weighted by Gasteiger charge is -2.37. The van der Waals surface area contributed by atoms with E-state index in [1.807, 2.05) is 51.1 Å². The number of nitrogens with one attached hydrogen (secondary N) is 2. The fourth-order valence-corrected chi connectivity index (χ4v) is 5.25. The molecule has 0 heterocycles. The first kappa shape index (κ1) is 22.7. The lowest BCUT2D eigenvalue weighted by atomic mass is 9.64. The van der Waals surface area contributed by atoms with Gasteiger partial charge in [0.25, 0.3) is 0 Å². The number of hydrazone groups is 1. The molecule has 2 atom stereocenters. The molecule has 2 aromatic carbocycles. The van der Waals surface area contributed by atoms with Gasteiger partial charge in [-0.05, 0) is 61.6 Å². The number of ketones is 1. The molecule has 2 saturated carbocycles. The molecular formula is C26H29N3O4. The molecule has 4 rings (SSSR count). The summed E-state index contributed by atoms with van der Waals surface area (Å²) in [5, 5.41) is 7.40. The highest BCUT2D eigenvalue weighted by molar-refractivity contribution is 6.51. The van der Waals surface area contributed by atoms with Crippen LogP contribution in [0.25, 0.3) is 0 Å². The summed E-state index contributed by atoms with van der Waals surface area (Å²) in [6, 6.07) is 15.9. The van der Waals surface area contributed by atoms with Gasteiger partial charge in [0, 0.05) is 11.1 Å². The van der Waals surface area contributed by atoms with Gasteiger partial charge in [0.05, 0.1) is 17.9 Å². The van der Waals surface area contributed by atoms with E-state index in [0.29, 0.717) is 36.4 Å². The second-order valence-electron chi connectivity index (χ2n) is 9.38. The van der Waals surface area contributed by atoms with Crippen molar-refractivity contribution in [2.24, 2.45) is 21.3 Å². The molecule has 0 spiro atoms. The number of hydrogen-bond acceptors (Lipinski definition) is 6. The predicted molar refractivity (Wildman–Crippen MR) is 127 cm³/mol. The number of carbonyl (C=O) groups is 3. The minimum atomic E-state index is -1.21. The van der Waals surface area contributed by atoms with Crippen LogP contribution in [-0.4, -0.2) is 30.0 Å². The third kappa shape index (κ3) is 3.34. The standard InChI is InChI=1S/C26H29N3O4/c1-5-33-22(31)17-11-13-18(14-12-17)27-23(32)26-16-15-25(4,24(26,2)3)20(21(26)30)29-28-19-9-7-6-8-10-19/h6-14,28H,5,15-16H2,1-4H3,(H,27,32). The summed E-state index contributed by atoms with van der Waals surface area (Å²) in [4.78, 5) is 39.2. The lowest BCUT2D eigenvalue weighted by molar-refractivity contribution is -0.140. The van der Waals surface area contributed by atoms with E-state index in [9.17, 15) is 14.4 Å². The van der Waals surface area contributed by atoms with E-state index in [1.54, 1.807) is 31.2 Å². The van der Waals surface area contributed by atoms with Gasteiger partial charge in [-0.3, -0.25) is 15.0 Å². The van der Waals surface area contributed by atoms with Crippen LogP contribution < -0.4 is 10.7 Å². The number of rotatable bonds is 6. The molecule has 33 heavy (non-hydrogen) atoms. The molecule has 0 saturated heterocycles. The molecular weight excluding hydrogens is 418 g/mol. The number of amides is 1. The monoisotopic (exact) mass is 447 g/mol. The quantitative estimate of drug-likeness (QED) is 0.381. The summed E-state index contributed by atoms with van der Waals surface area (Å²) in [5.41, 5.74) is 2.74. The van der Waals surface area contributed by atoms with E-state index < -0.39 is 22.2 Å². The molecule has 7 heteroatoms. The second kappa shape index (κ2) is 8.14. The Balaban J connectivity index is 1.60. The molecule has 2 N–H and O–H groups in total. The number of nitrogens with zero attached hydrogens (tertiary/aromatic N) is 1. The number of anilines is 2. The smallest absolute Gasteiger partial charge is 0.338 e. The first-order valence-electron chi connectivity index (χ1n) is 11.2. The van der Waals surface area contributed by atoms with Gasteiger partial charge in [0.1, 0.15) is 11.1 Å². The van der Waals surface area contributed by atoms with Crippen LogP contribution in [0.3, 0.4) is 0 Å². The van der Waals surface area contributed by atoms with E-state index in [2.05, 4.69) is 15.8 Å². The van der Waals surface area contributed by atoms with Crippen molar-refractivity contribution in [3.05, 3.63) is 60.2 Å². The van der Waals surface area contributed by atoms with E-state index in [0.717, 1.165) is 5.69 Å². The highest BCUT2D eigenvalue weighted by Gasteiger charge is 2.76. The highest BCUT2D eigenvalue weighted by Crippen LogP contribution is 2.69. The van der Waals surface area contributed by atoms with Gasteiger partial charge >= 0.3 is 5.97 Å². The number of hydrogen-bond donors (Lipinski definition) is 2. The molecule has 7 nitrogen and oxygen atoms in total. The maximum atomic E-state index is 13.7. The number of carbonyl (C=O) groups excluding carboxylic acids is 3. The number of esters is 1. The van der Waals surface area contributed by atoms with Gasteiger partial charge in [-0.15, -0.1) is 0 Å². The van der Waals surface area contributed by atoms with Crippen molar-refractivity contribution in [2.75, 3.05) is 17.3 Å². The van der Waals surface area contributed by atoms with Gasteiger partial charge in [0.2, 0.25) is 5.91 Å². The Morgan fingerprint density at radius 2 is 1.64 bits per heavy atom. The SMILES string of the molecule is CCOC(=O)c1ccc(NC(=O)C23CCC(C)(C(=NNc4ccccc4)C2=O)C3(C)C)cc1. The molecule has 2 fully saturated rings.